The van der Waals surface area contributed by atoms with Crippen LogP contribution in [0.5, 0.6) is 5.88 Å². The lowest BCUT2D eigenvalue weighted by molar-refractivity contribution is 0.248. The number of aryl methyl sites for hydroxylation is 2. The monoisotopic (exact) mass is 378 g/mol. The number of methoxy groups -OCH3 is 1. The Bertz CT molecular complexity index is 946. The summed E-state index contributed by atoms with van der Waals surface area (Å²) in [7, 11) is 1.63. The van der Waals surface area contributed by atoms with Gasteiger partial charge in [-0.2, -0.15) is 10.1 Å². The molecule has 146 valence electrons. The summed E-state index contributed by atoms with van der Waals surface area (Å²) in [5.41, 5.74) is 4.61. The fourth-order valence-electron chi connectivity index (χ4n) is 3.64. The van der Waals surface area contributed by atoms with Gasteiger partial charge in [-0.1, -0.05) is 12.1 Å². The first kappa shape index (κ1) is 18.4. The van der Waals surface area contributed by atoms with Crippen molar-refractivity contribution in [1.82, 2.24) is 24.6 Å². The van der Waals surface area contributed by atoms with Crippen LogP contribution in [0.3, 0.4) is 0 Å². The Morgan fingerprint density at radius 3 is 2.57 bits per heavy atom. The molecule has 0 N–H and O–H groups in total. The highest BCUT2D eigenvalue weighted by Gasteiger charge is 2.19. The van der Waals surface area contributed by atoms with Crippen molar-refractivity contribution in [2.24, 2.45) is 0 Å². The van der Waals surface area contributed by atoms with E-state index >= 15 is 0 Å². The number of ether oxygens (including phenoxy) is 1. The Kier molecular flexibility index (Phi) is 5.25. The summed E-state index contributed by atoms with van der Waals surface area (Å²) in [4.78, 5) is 13.5. The Labute approximate surface area is 165 Å². The molecule has 0 spiro atoms. The Morgan fingerprint density at radius 1 is 1.04 bits per heavy atom. The molecule has 1 saturated heterocycles. The van der Waals surface area contributed by atoms with Crippen LogP contribution in [0.1, 0.15) is 17.0 Å². The highest BCUT2D eigenvalue weighted by Crippen LogP contribution is 2.18. The third-order valence-electron chi connectivity index (χ3n) is 5.05. The molecule has 7 heteroatoms. The van der Waals surface area contributed by atoms with E-state index in [1.54, 1.807) is 19.4 Å². The molecule has 1 aliphatic heterocycles. The van der Waals surface area contributed by atoms with Gasteiger partial charge in [-0.15, -0.1) is 0 Å². The topological polar surface area (TPSA) is 59.3 Å². The Hall–Kier alpha value is -2.93. The molecule has 0 saturated carbocycles. The second-order valence-corrected chi connectivity index (χ2v) is 7.17. The predicted octanol–water partition coefficient (Wildman–Crippen LogP) is 2.61. The van der Waals surface area contributed by atoms with Crippen molar-refractivity contribution in [2.75, 3.05) is 38.2 Å². The lowest BCUT2D eigenvalue weighted by Crippen LogP contribution is -2.46. The Morgan fingerprint density at radius 2 is 1.86 bits per heavy atom. The van der Waals surface area contributed by atoms with Gasteiger partial charge >= 0.3 is 0 Å². The molecule has 1 fully saturated rings. The number of rotatable bonds is 5. The zero-order valence-electron chi connectivity index (χ0n) is 16.7. The quantitative estimate of drug-likeness (QED) is 0.680. The molecule has 7 nitrogen and oxygen atoms in total. The molecule has 0 radical (unpaired) electrons. The molecule has 3 aromatic rings. The molecule has 0 aliphatic carbocycles. The third kappa shape index (κ3) is 3.99. The van der Waals surface area contributed by atoms with E-state index in [1.807, 2.05) is 11.6 Å². The molecule has 2 aromatic heterocycles. The smallest absolute Gasteiger partial charge is 0.228 e. The van der Waals surface area contributed by atoms with Crippen molar-refractivity contribution in [3.8, 4) is 11.6 Å². The molecular formula is C21H26N6O. The summed E-state index contributed by atoms with van der Waals surface area (Å²) in [5.74, 6) is 1.35. The largest absolute Gasteiger partial charge is 0.481 e. The third-order valence-corrected chi connectivity index (χ3v) is 5.05. The van der Waals surface area contributed by atoms with Crippen LogP contribution in [0.4, 0.5) is 5.95 Å². The van der Waals surface area contributed by atoms with Gasteiger partial charge in [0.1, 0.15) is 0 Å². The first-order valence-electron chi connectivity index (χ1n) is 9.59. The molecule has 4 rings (SSSR count). The number of piperazine rings is 1. The van der Waals surface area contributed by atoms with Gasteiger partial charge < -0.3 is 9.64 Å². The fraction of sp³-hybridized carbons (Fsp3) is 0.381. The standard InChI is InChI=1S/C21H26N6O/c1-16-13-17(2)27(24-16)19-6-4-5-18(14-19)15-25-9-11-26(12-10-25)21-22-8-7-20(23-21)28-3/h4-8,13-14H,9-12,15H2,1-3H3. The maximum atomic E-state index is 5.21. The van der Waals surface area contributed by atoms with Gasteiger partial charge in [-0.3, -0.25) is 4.90 Å². The van der Waals surface area contributed by atoms with Crippen molar-refractivity contribution in [3.05, 3.63) is 59.5 Å². The van der Waals surface area contributed by atoms with E-state index in [-0.39, 0.29) is 0 Å². The van der Waals surface area contributed by atoms with Crippen LogP contribution in [0.15, 0.2) is 42.6 Å². The first-order valence-corrected chi connectivity index (χ1v) is 9.59. The van der Waals surface area contributed by atoms with Crippen LogP contribution in [0.25, 0.3) is 5.69 Å². The minimum absolute atomic E-state index is 0.605. The Balaban J connectivity index is 1.40. The molecule has 0 amide bonds. The molecule has 0 unspecified atom stereocenters. The lowest BCUT2D eigenvalue weighted by Gasteiger charge is -2.34. The van der Waals surface area contributed by atoms with Gasteiger partial charge in [0.15, 0.2) is 0 Å². The van der Waals surface area contributed by atoms with Crippen molar-refractivity contribution in [1.29, 1.82) is 0 Å². The van der Waals surface area contributed by atoms with Crippen molar-refractivity contribution >= 4 is 5.95 Å². The highest BCUT2D eigenvalue weighted by atomic mass is 16.5. The van der Waals surface area contributed by atoms with Crippen LogP contribution in [-0.4, -0.2) is 57.9 Å². The SMILES string of the molecule is COc1ccnc(N2CCN(Cc3cccc(-n4nc(C)cc4C)c3)CC2)n1. The van der Waals surface area contributed by atoms with E-state index in [4.69, 9.17) is 4.74 Å². The summed E-state index contributed by atoms with van der Waals surface area (Å²) in [5, 5.41) is 4.60. The van der Waals surface area contributed by atoms with Crippen LogP contribution in [0.2, 0.25) is 0 Å². The molecule has 3 heterocycles. The van der Waals surface area contributed by atoms with E-state index < -0.39 is 0 Å². The van der Waals surface area contributed by atoms with Gasteiger partial charge in [0.2, 0.25) is 11.8 Å². The number of benzene rings is 1. The summed E-state index contributed by atoms with van der Waals surface area (Å²) >= 11 is 0. The van der Waals surface area contributed by atoms with E-state index in [0.717, 1.165) is 55.7 Å². The molecule has 0 bridgehead atoms. The fourth-order valence-corrected chi connectivity index (χ4v) is 3.64. The van der Waals surface area contributed by atoms with Gasteiger partial charge in [0.25, 0.3) is 0 Å². The van der Waals surface area contributed by atoms with E-state index in [0.29, 0.717) is 5.88 Å². The van der Waals surface area contributed by atoms with Crippen LogP contribution in [-0.2, 0) is 6.54 Å². The van der Waals surface area contributed by atoms with Crippen LogP contribution in [0, 0.1) is 13.8 Å². The van der Waals surface area contributed by atoms with Gasteiger partial charge in [-0.05, 0) is 37.6 Å². The average molecular weight is 378 g/mol. The normalized spacial score (nSPS) is 15.0. The summed E-state index contributed by atoms with van der Waals surface area (Å²) in [6.07, 6.45) is 1.75. The molecule has 1 aliphatic rings. The number of nitrogens with zero attached hydrogens (tertiary/aromatic N) is 6. The van der Waals surface area contributed by atoms with Gasteiger partial charge in [0, 0.05) is 50.7 Å². The number of aromatic nitrogens is 4. The van der Waals surface area contributed by atoms with E-state index in [1.165, 1.54) is 5.56 Å². The average Bonchev–Trinajstić information content (AvgIpc) is 3.07. The second kappa shape index (κ2) is 7.98. The van der Waals surface area contributed by atoms with E-state index in [9.17, 15) is 0 Å². The number of hydrogen-bond acceptors (Lipinski definition) is 6. The van der Waals surface area contributed by atoms with E-state index in [2.05, 4.69) is 62.1 Å². The van der Waals surface area contributed by atoms with Gasteiger partial charge in [0.05, 0.1) is 18.5 Å². The maximum absolute atomic E-state index is 5.21. The van der Waals surface area contributed by atoms with Crippen molar-refractivity contribution in [3.63, 3.8) is 0 Å². The second-order valence-electron chi connectivity index (χ2n) is 7.17. The summed E-state index contributed by atoms with van der Waals surface area (Å²) in [6, 6.07) is 12.5. The molecule has 28 heavy (non-hydrogen) atoms. The molecule has 0 atom stereocenters. The minimum atomic E-state index is 0.605. The summed E-state index contributed by atoms with van der Waals surface area (Å²) < 4.78 is 7.22. The molecule has 1 aromatic carbocycles. The highest BCUT2D eigenvalue weighted by molar-refractivity contribution is 5.37. The zero-order valence-corrected chi connectivity index (χ0v) is 16.7. The maximum Gasteiger partial charge on any atom is 0.228 e. The first-order chi connectivity index (χ1) is 13.6. The van der Waals surface area contributed by atoms with Crippen molar-refractivity contribution < 1.29 is 4.74 Å². The van der Waals surface area contributed by atoms with Crippen molar-refractivity contribution in [2.45, 2.75) is 20.4 Å². The van der Waals surface area contributed by atoms with Crippen LogP contribution >= 0.6 is 0 Å². The lowest BCUT2D eigenvalue weighted by atomic mass is 10.1. The van der Waals surface area contributed by atoms with Crippen LogP contribution < -0.4 is 9.64 Å². The zero-order chi connectivity index (χ0) is 19.5. The summed E-state index contributed by atoms with van der Waals surface area (Å²) in [6.45, 7) is 8.81. The number of hydrogen-bond donors (Lipinski definition) is 0. The number of anilines is 1. The minimum Gasteiger partial charge on any atom is -0.481 e. The molecular weight excluding hydrogens is 352 g/mol. The van der Waals surface area contributed by atoms with Gasteiger partial charge in [-0.25, -0.2) is 9.67 Å². The predicted molar refractivity (Wildman–Crippen MR) is 109 cm³/mol.